The first-order chi connectivity index (χ1) is 6.94. The topological polar surface area (TPSA) is 69.6 Å². The van der Waals surface area contributed by atoms with Crippen molar-refractivity contribution in [2.45, 2.75) is 31.1 Å². The molecule has 0 aromatic carbocycles. The number of nitrogens with zero attached hydrogens (tertiary/aromatic N) is 1. The first-order valence-electron chi connectivity index (χ1n) is 5.28. The molecule has 0 aromatic rings. The number of rotatable bonds is 4. The third-order valence-corrected chi connectivity index (χ3v) is 4.99. The van der Waals surface area contributed by atoms with Gasteiger partial charge in [0.15, 0.2) is 0 Å². The van der Waals surface area contributed by atoms with E-state index in [0.717, 1.165) is 13.1 Å². The smallest absolute Gasteiger partial charge is 0.216 e. The van der Waals surface area contributed by atoms with Crippen LogP contribution in [0.2, 0.25) is 0 Å². The molecule has 1 aliphatic heterocycles. The highest BCUT2D eigenvalue weighted by Gasteiger charge is 2.31. The molecule has 1 atom stereocenters. The third kappa shape index (κ3) is 3.41. The molecule has 1 aliphatic rings. The average Bonchev–Trinajstić information content (AvgIpc) is 2.18. The Kier molecular flexibility index (Phi) is 4.51. The van der Waals surface area contributed by atoms with Crippen LogP contribution in [0.5, 0.6) is 0 Å². The largest absolute Gasteiger partial charge is 0.392 e. The quantitative estimate of drug-likeness (QED) is 0.682. The molecule has 1 unspecified atom stereocenters. The maximum Gasteiger partial charge on any atom is 0.216 e. The molecule has 15 heavy (non-hydrogen) atoms. The number of hydrogen-bond donors (Lipinski definition) is 2. The van der Waals surface area contributed by atoms with E-state index in [1.807, 2.05) is 0 Å². The van der Waals surface area contributed by atoms with Crippen LogP contribution in [0.25, 0.3) is 0 Å². The maximum absolute atomic E-state index is 12.0. The average molecular weight is 236 g/mol. The molecule has 1 fully saturated rings. The van der Waals surface area contributed by atoms with Crippen LogP contribution in [0, 0.1) is 0 Å². The van der Waals surface area contributed by atoms with Crippen LogP contribution in [0.3, 0.4) is 0 Å². The number of aliphatic hydroxyl groups is 1. The lowest BCUT2D eigenvalue weighted by Gasteiger charge is -2.28. The lowest BCUT2D eigenvalue weighted by Crippen LogP contribution is -2.44. The number of nitrogens with one attached hydrogen (secondary N) is 1. The summed E-state index contributed by atoms with van der Waals surface area (Å²) in [6.07, 6.45) is 0.699. The van der Waals surface area contributed by atoms with E-state index in [-0.39, 0.29) is 11.8 Å². The first-order valence-corrected chi connectivity index (χ1v) is 6.79. The summed E-state index contributed by atoms with van der Waals surface area (Å²) in [6.45, 7) is 3.28. The summed E-state index contributed by atoms with van der Waals surface area (Å²) in [4.78, 5) is 0. The van der Waals surface area contributed by atoms with Gasteiger partial charge in [-0.3, -0.25) is 0 Å². The molecule has 0 amide bonds. The Balaban J connectivity index is 2.63. The van der Waals surface area contributed by atoms with Crippen molar-refractivity contribution < 1.29 is 13.5 Å². The minimum Gasteiger partial charge on any atom is -0.392 e. The second kappa shape index (κ2) is 5.25. The van der Waals surface area contributed by atoms with Crippen molar-refractivity contribution >= 4 is 10.0 Å². The van der Waals surface area contributed by atoms with Crippen LogP contribution >= 0.6 is 0 Å². The maximum atomic E-state index is 12.0. The van der Waals surface area contributed by atoms with Gasteiger partial charge in [-0.1, -0.05) is 0 Å². The van der Waals surface area contributed by atoms with Gasteiger partial charge >= 0.3 is 0 Å². The molecule has 1 rings (SSSR count). The zero-order valence-electron chi connectivity index (χ0n) is 9.31. The van der Waals surface area contributed by atoms with Gasteiger partial charge in [-0.2, -0.15) is 0 Å². The Bertz CT molecular complexity index is 284. The van der Waals surface area contributed by atoms with Crippen LogP contribution in [0.4, 0.5) is 0 Å². The number of aliphatic hydroxyl groups excluding tert-OH is 1. The molecule has 0 bridgehead atoms. The van der Waals surface area contributed by atoms with E-state index < -0.39 is 16.1 Å². The summed E-state index contributed by atoms with van der Waals surface area (Å²) in [5.41, 5.74) is 0. The number of hydrogen-bond acceptors (Lipinski definition) is 4. The van der Waals surface area contributed by atoms with Crippen LogP contribution in [0.15, 0.2) is 0 Å². The summed E-state index contributed by atoms with van der Waals surface area (Å²) >= 11 is 0. The Morgan fingerprint density at radius 3 is 2.47 bits per heavy atom. The summed E-state index contributed by atoms with van der Waals surface area (Å²) in [6, 6.07) is 0. The van der Waals surface area contributed by atoms with Crippen molar-refractivity contribution in [1.82, 2.24) is 9.62 Å². The highest BCUT2D eigenvalue weighted by molar-refractivity contribution is 7.89. The highest BCUT2D eigenvalue weighted by atomic mass is 32.2. The minimum absolute atomic E-state index is 0.173. The molecule has 90 valence electrons. The van der Waals surface area contributed by atoms with Gasteiger partial charge in [-0.15, -0.1) is 0 Å². The van der Waals surface area contributed by atoms with Crippen LogP contribution in [0.1, 0.15) is 19.8 Å². The van der Waals surface area contributed by atoms with Crippen LogP contribution in [-0.2, 0) is 10.0 Å². The standard InChI is InChI=1S/C9H20N2O3S/c1-8(12)7-11(2)15(13,14)9-3-5-10-6-4-9/h8-10,12H,3-7H2,1-2H3. The second-order valence-electron chi connectivity index (χ2n) is 4.12. The van der Waals surface area contributed by atoms with Crippen LogP contribution in [-0.4, -0.2) is 55.9 Å². The lowest BCUT2D eigenvalue weighted by atomic mass is 10.2. The van der Waals surface area contributed by atoms with E-state index in [1.54, 1.807) is 6.92 Å². The molecule has 1 heterocycles. The molecule has 0 radical (unpaired) electrons. The van der Waals surface area contributed by atoms with E-state index in [9.17, 15) is 8.42 Å². The van der Waals surface area contributed by atoms with Gasteiger partial charge in [-0.25, -0.2) is 12.7 Å². The van der Waals surface area contributed by atoms with E-state index in [4.69, 9.17) is 5.11 Å². The summed E-state index contributed by atoms with van der Waals surface area (Å²) < 4.78 is 25.3. The number of sulfonamides is 1. The molecule has 0 saturated carbocycles. The molecule has 0 spiro atoms. The molecule has 0 aliphatic carbocycles. The highest BCUT2D eigenvalue weighted by Crippen LogP contribution is 2.16. The third-order valence-electron chi connectivity index (χ3n) is 2.66. The fourth-order valence-corrected chi connectivity index (χ4v) is 3.59. The predicted molar refractivity (Wildman–Crippen MR) is 59.1 cm³/mol. The fraction of sp³-hybridized carbons (Fsp3) is 1.00. The van der Waals surface area contributed by atoms with E-state index in [1.165, 1.54) is 11.4 Å². The van der Waals surface area contributed by atoms with Gasteiger partial charge in [0.1, 0.15) is 0 Å². The fourth-order valence-electron chi connectivity index (χ4n) is 1.82. The number of likely N-dealkylation sites (N-methyl/N-ethyl adjacent to an activating group) is 1. The summed E-state index contributed by atoms with van der Waals surface area (Å²) in [5, 5.41) is 12.0. The SMILES string of the molecule is CC(O)CN(C)S(=O)(=O)C1CCNCC1. The van der Waals surface area contributed by atoms with Crippen LogP contribution < -0.4 is 5.32 Å². The van der Waals surface area contributed by atoms with Gasteiger partial charge in [-0.05, 0) is 32.9 Å². The second-order valence-corrected chi connectivity index (χ2v) is 6.44. The van der Waals surface area contributed by atoms with E-state index in [0.29, 0.717) is 12.8 Å². The van der Waals surface area contributed by atoms with Crippen molar-refractivity contribution in [2.24, 2.45) is 0 Å². The monoisotopic (exact) mass is 236 g/mol. The Morgan fingerprint density at radius 1 is 1.47 bits per heavy atom. The van der Waals surface area contributed by atoms with Gasteiger partial charge in [0.05, 0.1) is 11.4 Å². The van der Waals surface area contributed by atoms with E-state index in [2.05, 4.69) is 5.32 Å². The zero-order valence-corrected chi connectivity index (χ0v) is 10.1. The van der Waals surface area contributed by atoms with Crippen molar-refractivity contribution in [3.63, 3.8) is 0 Å². The normalized spacial score (nSPS) is 21.9. The van der Waals surface area contributed by atoms with Gasteiger partial charge < -0.3 is 10.4 Å². The zero-order chi connectivity index (χ0) is 11.5. The molecule has 2 N–H and O–H groups in total. The molecule has 0 aromatic heterocycles. The molecule has 1 saturated heterocycles. The van der Waals surface area contributed by atoms with Crippen molar-refractivity contribution in [3.05, 3.63) is 0 Å². The molecule has 5 nitrogen and oxygen atoms in total. The van der Waals surface area contributed by atoms with Crippen molar-refractivity contribution in [2.75, 3.05) is 26.7 Å². The lowest BCUT2D eigenvalue weighted by molar-refractivity contribution is 0.170. The Labute approximate surface area is 91.5 Å². The first kappa shape index (κ1) is 12.9. The summed E-state index contributed by atoms with van der Waals surface area (Å²) in [5.74, 6) is 0. The number of piperidine rings is 1. The Morgan fingerprint density at radius 2 is 2.00 bits per heavy atom. The van der Waals surface area contributed by atoms with Crippen molar-refractivity contribution in [1.29, 1.82) is 0 Å². The summed E-state index contributed by atoms with van der Waals surface area (Å²) in [7, 11) is -1.69. The van der Waals surface area contributed by atoms with Gasteiger partial charge in [0, 0.05) is 13.6 Å². The van der Waals surface area contributed by atoms with E-state index >= 15 is 0 Å². The molecular formula is C9H20N2O3S. The van der Waals surface area contributed by atoms with Gasteiger partial charge in [0.2, 0.25) is 10.0 Å². The predicted octanol–water partition coefficient (Wildman–Crippen LogP) is -0.619. The Hall–Kier alpha value is -0.170. The minimum atomic E-state index is -3.22. The molecular weight excluding hydrogens is 216 g/mol. The molecule has 6 heteroatoms. The van der Waals surface area contributed by atoms with Crippen molar-refractivity contribution in [3.8, 4) is 0 Å². The van der Waals surface area contributed by atoms with Gasteiger partial charge in [0.25, 0.3) is 0 Å².